The Labute approximate surface area is 179 Å². The molecule has 1 atom stereocenters. The van der Waals surface area contributed by atoms with E-state index in [2.05, 4.69) is 40.1 Å². The quantitative estimate of drug-likeness (QED) is 0.723. The Balaban J connectivity index is 1.26. The highest BCUT2D eigenvalue weighted by atomic mass is 19.1. The third-order valence-electron chi connectivity index (χ3n) is 7.86. The fraction of sp³-hybridized carbons (Fsp3) is 0.538. The first-order valence-corrected chi connectivity index (χ1v) is 11.7. The van der Waals surface area contributed by atoms with Crippen molar-refractivity contribution >= 4 is 0 Å². The molecule has 30 heavy (non-hydrogen) atoms. The number of halogens is 1. The van der Waals surface area contributed by atoms with Crippen LogP contribution in [-0.4, -0.2) is 40.6 Å². The van der Waals surface area contributed by atoms with Gasteiger partial charge in [-0.1, -0.05) is 61.7 Å². The SMILES string of the molecule is Oc1c(F)cccc1CN1CCC(N2CC3(CCCCC3)C2c2ccccc2)CC1. The molecule has 3 fully saturated rings. The number of piperidine rings is 1. The highest BCUT2D eigenvalue weighted by Gasteiger charge is 2.54. The van der Waals surface area contributed by atoms with Crippen LogP contribution in [0.15, 0.2) is 48.5 Å². The molecule has 3 aliphatic rings. The zero-order valence-electron chi connectivity index (χ0n) is 17.8. The van der Waals surface area contributed by atoms with Gasteiger partial charge in [-0.05, 0) is 50.4 Å². The molecule has 1 spiro atoms. The number of nitrogens with zero attached hydrogens (tertiary/aromatic N) is 2. The van der Waals surface area contributed by atoms with Gasteiger partial charge in [-0.25, -0.2) is 4.39 Å². The number of hydrogen-bond acceptors (Lipinski definition) is 3. The van der Waals surface area contributed by atoms with Crippen molar-refractivity contribution in [3.05, 3.63) is 65.5 Å². The Kier molecular flexibility index (Phi) is 5.55. The second-order valence-corrected chi connectivity index (χ2v) is 9.66. The second kappa shape index (κ2) is 8.32. The predicted molar refractivity (Wildman–Crippen MR) is 118 cm³/mol. The molecule has 0 amide bonds. The summed E-state index contributed by atoms with van der Waals surface area (Å²) in [6.07, 6.45) is 9.21. The number of benzene rings is 2. The van der Waals surface area contributed by atoms with Crippen LogP contribution in [-0.2, 0) is 6.54 Å². The van der Waals surface area contributed by atoms with E-state index in [1.165, 1.54) is 50.3 Å². The number of hydrogen-bond donors (Lipinski definition) is 1. The van der Waals surface area contributed by atoms with Crippen molar-refractivity contribution < 1.29 is 9.50 Å². The number of para-hydroxylation sites is 1. The van der Waals surface area contributed by atoms with Crippen LogP contribution in [0, 0.1) is 11.2 Å². The van der Waals surface area contributed by atoms with Crippen LogP contribution >= 0.6 is 0 Å². The molecule has 2 saturated heterocycles. The third-order valence-corrected chi connectivity index (χ3v) is 7.86. The van der Waals surface area contributed by atoms with Gasteiger partial charge in [-0.3, -0.25) is 9.80 Å². The van der Waals surface area contributed by atoms with Crippen molar-refractivity contribution in [2.24, 2.45) is 5.41 Å². The number of rotatable bonds is 4. The zero-order chi connectivity index (χ0) is 20.6. The molecule has 1 saturated carbocycles. The number of phenolic OH excluding ortho intramolecular Hbond substituents is 1. The summed E-state index contributed by atoms with van der Waals surface area (Å²) in [6.45, 7) is 3.89. The summed E-state index contributed by atoms with van der Waals surface area (Å²) >= 11 is 0. The van der Waals surface area contributed by atoms with E-state index in [9.17, 15) is 9.50 Å². The van der Waals surface area contributed by atoms with E-state index in [0.29, 0.717) is 29.6 Å². The molecule has 2 aliphatic heterocycles. The first-order valence-electron chi connectivity index (χ1n) is 11.7. The van der Waals surface area contributed by atoms with Crippen molar-refractivity contribution in [3.8, 4) is 5.75 Å². The first-order chi connectivity index (χ1) is 14.7. The number of aromatic hydroxyl groups is 1. The predicted octanol–water partition coefficient (Wildman–Crippen LogP) is 5.50. The van der Waals surface area contributed by atoms with Crippen LogP contribution in [0.25, 0.3) is 0 Å². The lowest BCUT2D eigenvalue weighted by atomic mass is 9.60. The summed E-state index contributed by atoms with van der Waals surface area (Å²) in [6, 6.07) is 17.2. The first kappa shape index (κ1) is 20.0. The molecular formula is C26H33FN2O. The fourth-order valence-electron chi connectivity index (χ4n) is 6.33. The summed E-state index contributed by atoms with van der Waals surface area (Å²) < 4.78 is 13.7. The van der Waals surface area contributed by atoms with Crippen LogP contribution in [0.3, 0.4) is 0 Å². The van der Waals surface area contributed by atoms with E-state index in [0.717, 1.165) is 25.9 Å². The maximum absolute atomic E-state index is 13.7. The average Bonchev–Trinajstić information content (AvgIpc) is 2.77. The van der Waals surface area contributed by atoms with Crippen LogP contribution in [0.4, 0.5) is 4.39 Å². The molecular weight excluding hydrogens is 375 g/mol. The normalized spacial score (nSPS) is 25.3. The van der Waals surface area contributed by atoms with Crippen molar-refractivity contribution in [2.75, 3.05) is 19.6 Å². The van der Waals surface area contributed by atoms with Crippen LogP contribution in [0.2, 0.25) is 0 Å². The lowest BCUT2D eigenvalue weighted by Crippen LogP contribution is -2.63. The van der Waals surface area contributed by atoms with E-state index in [-0.39, 0.29) is 5.75 Å². The summed E-state index contributed by atoms with van der Waals surface area (Å²) in [5, 5.41) is 10.0. The lowest BCUT2D eigenvalue weighted by molar-refractivity contribution is -0.133. The van der Waals surface area contributed by atoms with Gasteiger partial charge in [0.05, 0.1) is 0 Å². The molecule has 2 heterocycles. The van der Waals surface area contributed by atoms with Crippen LogP contribution < -0.4 is 0 Å². The Hall–Kier alpha value is -1.91. The van der Waals surface area contributed by atoms with Gasteiger partial charge >= 0.3 is 0 Å². The van der Waals surface area contributed by atoms with Crippen molar-refractivity contribution in [1.82, 2.24) is 9.80 Å². The van der Waals surface area contributed by atoms with E-state index in [1.54, 1.807) is 6.07 Å². The molecule has 1 unspecified atom stereocenters. The van der Waals surface area contributed by atoms with Gasteiger partial charge in [0.2, 0.25) is 0 Å². The standard InChI is InChI=1S/C26H33FN2O/c27-23-11-7-10-21(24(23)30)18-28-16-12-22(13-17-28)29-19-26(14-5-2-6-15-26)25(29)20-8-3-1-4-9-20/h1,3-4,7-11,22,25,30H,2,5-6,12-19H2. The average molecular weight is 409 g/mol. The van der Waals surface area contributed by atoms with Gasteiger partial charge in [0.25, 0.3) is 0 Å². The lowest BCUT2D eigenvalue weighted by Gasteiger charge is -2.63. The van der Waals surface area contributed by atoms with Crippen molar-refractivity contribution in [1.29, 1.82) is 0 Å². The van der Waals surface area contributed by atoms with Crippen LogP contribution in [0.1, 0.15) is 62.1 Å². The van der Waals surface area contributed by atoms with Crippen LogP contribution in [0.5, 0.6) is 5.75 Å². The molecule has 0 radical (unpaired) electrons. The number of phenols is 1. The van der Waals surface area contributed by atoms with Gasteiger partial charge in [0.1, 0.15) is 0 Å². The summed E-state index contributed by atoms with van der Waals surface area (Å²) in [4.78, 5) is 5.15. The maximum atomic E-state index is 13.7. The second-order valence-electron chi connectivity index (χ2n) is 9.66. The minimum absolute atomic E-state index is 0.189. The van der Waals surface area contributed by atoms with Crippen molar-refractivity contribution in [2.45, 2.75) is 63.6 Å². The van der Waals surface area contributed by atoms with Gasteiger partial charge in [0, 0.05) is 36.2 Å². The molecule has 0 bridgehead atoms. The Bertz CT molecular complexity index is 857. The topological polar surface area (TPSA) is 26.7 Å². The van der Waals surface area contributed by atoms with Gasteiger partial charge in [-0.2, -0.15) is 0 Å². The Morgan fingerprint density at radius 2 is 1.67 bits per heavy atom. The van der Waals surface area contributed by atoms with Gasteiger partial charge in [0.15, 0.2) is 11.6 Å². The molecule has 2 aromatic rings. The molecule has 0 aromatic heterocycles. The molecule has 160 valence electrons. The largest absolute Gasteiger partial charge is 0.505 e. The monoisotopic (exact) mass is 408 g/mol. The third kappa shape index (κ3) is 3.65. The Morgan fingerprint density at radius 3 is 2.40 bits per heavy atom. The van der Waals surface area contributed by atoms with E-state index in [4.69, 9.17) is 0 Å². The molecule has 1 aliphatic carbocycles. The minimum Gasteiger partial charge on any atom is -0.505 e. The van der Waals surface area contributed by atoms with Crippen molar-refractivity contribution in [3.63, 3.8) is 0 Å². The van der Waals surface area contributed by atoms with E-state index in [1.807, 2.05) is 6.07 Å². The summed E-state index contributed by atoms with van der Waals surface area (Å²) in [7, 11) is 0. The van der Waals surface area contributed by atoms with Gasteiger partial charge in [-0.15, -0.1) is 0 Å². The summed E-state index contributed by atoms with van der Waals surface area (Å²) in [5.41, 5.74) is 2.68. The Morgan fingerprint density at radius 1 is 0.933 bits per heavy atom. The molecule has 3 nitrogen and oxygen atoms in total. The molecule has 4 heteroatoms. The van der Waals surface area contributed by atoms with E-state index < -0.39 is 5.82 Å². The fourth-order valence-corrected chi connectivity index (χ4v) is 6.33. The molecule has 5 rings (SSSR count). The van der Waals surface area contributed by atoms with Gasteiger partial charge < -0.3 is 5.11 Å². The maximum Gasteiger partial charge on any atom is 0.165 e. The highest BCUT2D eigenvalue weighted by Crippen LogP contribution is 2.58. The smallest absolute Gasteiger partial charge is 0.165 e. The summed E-state index contributed by atoms with van der Waals surface area (Å²) in [5.74, 6) is -0.711. The zero-order valence-corrected chi connectivity index (χ0v) is 17.8. The number of likely N-dealkylation sites (tertiary alicyclic amines) is 2. The molecule has 2 aromatic carbocycles. The van der Waals surface area contributed by atoms with E-state index >= 15 is 0 Å². The minimum atomic E-state index is -0.522. The highest BCUT2D eigenvalue weighted by molar-refractivity contribution is 5.33. The molecule has 1 N–H and O–H groups in total.